The Labute approximate surface area is 153 Å². The topological polar surface area (TPSA) is 32.3 Å². The SMILES string of the molecule is CNC1CCN(c2ccc(-c3ccccc3P(C)C)c(F)c2Cl)C1=O. The first-order valence-electron chi connectivity index (χ1n) is 8.19. The van der Waals surface area contributed by atoms with Crippen molar-refractivity contribution in [1.29, 1.82) is 0 Å². The third-order valence-corrected chi connectivity index (χ3v) is 6.30. The summed E-state index contributed by atoms with van der Waals surface area (Å²) in [6.45, 7) is 4.82. The van der Waals surface area contributed by atoms with E-state index < -0.39 is 5.82 Å². The molecule has 1 heterocycles. The number of benzene rings is 2. The summed E-state index contributed by atoms with van der Waals surface area (Å²) in [5, 5.41) is 4.12. The molecule has 3 rings (SSSR count). The molecule has 1 atom stereocenters. The molecule has 1 amide bonds. The van der Waals surface area contributed by atoms with E-state index >= 15 is 4.39 Å². The number of halogens is 2. The number of anilines is 1. The van der Waals surface area contributed by atoms with Gasteiger partial charge in [-0.15, -0.1) is 0 Å². The lowest BCUT2D eigenvalue weighted by Crippen LogP contribution is -2.36. The molecule has 0 bridgehead atoms. The summed E-state index contributed by atoms with van der Waals surface area (Å²) in [5.74, 6) is -0.535. The molecule has 0 radical (unpaired) electrons. The summed E-state index contributed by atoms with van der Waals surface area (Å²) in [6.07, 6.45) is 0.688. The predicted octanol–water partition coefficient (Wildman–Crippen LogP) is 3.84. The van der Waals surface area contributed by atoms with Gasteiger partial charge in [0.15, 0.2) is 5.82 Å². The van der Waals surface area contributed by atoms with Crippen LogP contribution in [0.2, 0.25) is 5.02 Å². The molecule has 0 saturated carbocycles. The van der Waals surface area contributed by atoms with E-state index in [4.69, 9.17) is 11.6 Å². The van der Waals surface area contributed by atoms with Crippen LogP contribution in [0.25, 0.3) is 11.1 Å². The van der Waals surface area contributed by atoms with Crippen LogP contribution in [0.4, 0.5) is 10.1 Å². The van der Waals surface area contributed by atoms with Crippen molar-refractivity contribution in [3.63, 3.8) is 0 Å². The molecule has 2 aromatic carbocycles. The maximum Gasteiger partial charge on any atom is 0.244 e. The fourth-order valence-corrected chi connectivity index (χ4v) is 4.56. The number of nitrogens with one attached hydrogen (secondary N) is 1. The first kappa shape index (κ1) is 18.3. The Morgan fingerprint density at radius 3 is 2.56 bits per heavy atom. The molecule has 2 aromatic rings. The smallest absolute Gasteiger partial charge is 0.244 e. The Hall–Kier alpha value is -1.48. The number of hydrogen-bond donors (Lipinski definition) is 1. The van der Waals surface area contributed by atoms with Gasteiger partial charge in [-0.25, -0.2) is 4.39 Å². The van der Waals surface area contributed by atoms with Crippen molar-refractivity contribution < 1.29 is 9.18 Å². The average Bonchev–Trinajstić information content (AvgIpc) is 2.98. The molecular formula is C19H21ClFN2OP. The fourth-order valence-electron chi connectivity index (χ4n) is 3.23. The zero-order chi connectivity index (χ0) is 18.1. The maximum absolute atomic E-state index is 15.1. The van der Waals surface area contributed by atoms with E-state index in [0.717, 1.165) is 10.9 Å². The lowest BCUT2D eigenvalue weighted by atomic mass is 10.0. The Kier molecular flexibility index (Phi) is 5.43. The minimum atomic E-state index is -0.468. The third-order valence-electron chi connectivity index (χ3n) is 4.58. The lowest BCUT2D eigenvalue weighted by Gasteiger charge is -2.20. The molecule has 1 fully saturated rings. The second-order valence-electron chi connectivity index (χ2n) is 6.29. The Morgan fingerprint density at radius 2 is 1.92 bits per heavy atom. The summed E-state index contributed by atoms with van der Waals surface area (Å²) in [5.41, 5.74) is 1.79. The monoisotopic (exact) mass is 378 g/mol. The number of carbonyl (C=O) groups is 1. The molecule has 1 aliphatic rings. The van der Waals surface area contributed by atoms with E-state index in [9.17, 15) is 4.79 Å². The fraction of sp³-hybridized carbons (Fsp3) is 0.316. The number of carbonyl (C=O) groups excluding carboxylic acids is 1. The Morgan fingerprint density at radius 1 is 1.20 bits per heavy atom. The van der Waals surface area contributed by atoms with E-state index in [1.807, 2.05) is 24.3 Å². The van der Waals surface area contributed by atoms with Crippen molar-refractivity contribution in [3.05, 3.63) is 47.2 Å². The van der Waals surface area contributed by atoms with E-state index in [-0.39, 0.29) is 24.9 Å². The maximum atomic E-state index is 15.1. The molecule has 6 heteroatoms. The van der Waals surface area contributed by atoms with Crippen LogP contribution in [0.3, 0.4) is 0 Å². The van der Waals surface area contributed by atoms with Crippen molar-refractivity contribution in [2.45, 2.75) is 12.5 Å². The molecule has 132 valence electrons. The van der Waals surface area contributed by atoms with Gasteiger partial charge >= 0.3 is 0 Å². The summed E-state index contributed by atoms with van der Waals surface area (Å²) in [4.78, 5) is 13.9. The highest BCUT2D eigenvalue weighted by Crippen LogP contribution is 2.38. The Balaban J connectivity index is 2.04. The second-order valence-corrected chi connectivity index (χ2v) is 8.94. The normalized spacial score (nSPS) is 17.6. The van der Waals surface area contributed by atoms with Crippen LogP contribution in [0, 0.1) is 5.82 Å². The van der Waals surface area contributed by atoms with Crippen LogP contribution >= 0.6 is 19.5 Å². The van der Waals surface area contributed by atoms with Gasteiger partial charge in [0.05, 0.1) is 11.7 Å². The molecular weight excluding hydrogens is 358 g/mol. The first-order valence-corrected chi connectivity index (χ1v) is 10.8. The van der Waals surface area contributed by atoms with Crippen molar-refractivity contribution in [1.82, 2.24) is 5.32 Å². The molecule has 1 unspecified atom stereocenters. The average molecular weight is 379 g/mol. The molecule has 25 heavy (non-hydrogen) atoms. The standard InChI is InChI=1S/C19H21ClFN2OP/c1-22-14-10-11-23(19(14)24)15-9-8-13(18(21)17(15)20)12-6-4-5-7-16(12)25(2)3/h4-9,14,22H,10-11H2,1-3H3. The van der Waals surface area contributed by atoms with Crippen LogP contribution in [-0.4, -0.2) is 38.9 Å². The molecule has 3 nitrogen and oxygen atoms in total. The molecule has 0 aliphatic carbocycles. The van der Waals surface area contributed by atoms with Gasteiger partial charge in [0.1, 0.15) is 5.02 Å². The van der Waals surface area contributed by atoms with Gasteiger partial charge in [-0.2, -0.15) is 0 Å². The molecule has 1 aliphatic heterocycles. The quantitative estimate of drug-likeness (QED) is 0.820. The van der Waals surface area contributed by atoms with Gasteiger partial charge in [-0.3, -0.25) is 4.79 Å². The van der Waals surface area contributed by atoms with Gasteiger partial charge in [0.25, 0.3) is 0 Å². The van der Waals surface area contributed by atoms with E-state index in [1.165, 1.54) is 0 Å². The summed E-state index contributed by atoms with van der Waals surface area (Å²) in [6, 6.07) is 11.1. The number of amides is 1. The van der Waals surface area contributed by atoms with Gasteiger partial charge in [-0.05, 0) is 49.8 Å². The summed E-state index contributed by atoms with van der Waals surface area (Å²) in [7, 11) is 1.38. The first-order chi connectivity index (χ1) is 12.0. The number of likely N-dealkylation sites (N-methyl/N-ethyl adjacent to an activating group) is 1. The van der Waals surface area contributed by atoms with Crippen LogP contribution < -0.4 is 15.5 Å². The van der Waals surface area contributed by atoms with Crippen LogP contribution in [0.1, 0.15) is 6.42 Å². The molecule has 0 spiro atoms. The highest BCUT2D eigenvalue weighted by molar-refractivity contribution is 7.64. The molecule has 1 N–H and O–H groups in total. The number of rotatable bonds is 4. The van der Waals surface area contributed by atoms with Gasteiger partial charge in [0.2, 0.25) is 5.91 Å². The highest BCUT2D eigenvalue weighted by Gasteiger charge is 2.33. The van der Waals surface area contributed by atoms with Crippen molar-refractivity contribution in [2.24, 2.45) is 0 Å². The van der Waals surface area contributed by atoms with Crippen LogP contribution in [0.5, 0.6) is 0 Å². The zero-order valence-corrected chi connectivity index (χ0v) is 16.2. The molecule has 1 saturated heterocycles. The van der Waals surface area contributed by atoms with Gasteiger partial charge in [-0.1, -0.05) is 43.8 Å². The highest BCUT2D eigenvalue weighted by atomic mass is 35.5. The molecule has 0 aromatic heterocycles. The number of nitrogens with zero attached hydrogens (tertiary/aromatic N) is 1. The zero-order valence-electron chi connectivity index (χ0n) is 14.5. The number of hydrogen-bond acceptors (Lipinski definition) is 2. The van der Waals surface area contributed by atoms with Crippen LogP contribution in [0.15, 0.2) is 36.4 Å². The van der Waals surface area contributed by atoms with E-state index in [0.29, 0.717) is 24.2 Å². The second kappa shape index (κ2) is 7.41. The predicted molar refractivity (Wildman–Crippen MR) is 105 cm³/mol. The summed E-state index contributed by atoms with van der Waals surface area (Å²) >= 11 is 6.33. The largest absolute Gasteiger partial charge is 0.309 e. The summed E-state index contributed by atoms with van der Waals surface area (Å²) < 4.78 is 15.1. The minimum Gasteiger partial charge on any atom is -0.309 e. The third kappa shape index (κ3) is 3.31. The van der Waals surface area contributed by atoms with Gasteiger partial charge < -0.3 is 10.2 Å². The van der Waals surface area contributed by atoms with E-state index in [2.05, 4.69) is 18.6 Å². The van der Waals surface area contributed by atoms with Crippen LogP contribution in [-0.2, 0) is 4.79 Å². The van der Waals surface area contributed by atoms with Crippen molar-refractivity contribution in [2.75, 3.05) is 31.8 Å². The minimum absolute atomic E-state index is 0.00828. The van der Waals surface area contributed by atoms with Crippen molar-refractivity contribution >= 4 is 36.4 Å². The van der Waals surface area contributed by atoms with Crippen molar-refractivity contribution in [3.8, 4) is 11.1 Å². The van der Waals surface area contributed by atoms with E-state index in [1.54, 1.807) is 24.1 Å². The van der Waals surface area contributed by atoms with Gasteiger partial charge in [0, 0.05) is 12.1 Å². The Bertz CT molecular complexity index is 812. The lowest BCUT2D eigenvalue weighted by molar-refractivity contribution is -0.118.